The van der Waals surface area contributed by atoms with Gasteiger partial charge in [0.05, 0.1) is 24.0 Å². The molecule has 0 radical (unpaired) electrons. The molecule has 0 atom stereocenters. The largest absolute Gasteiger partial charge is 0.388 e. The Morgan fingerprint density at radius 2 is 1.77 bits per heavy atom. The number of carbonyl (C=O) groups excluding carboxylic acids is 1. The van der Waals surface area contributed by atoms with E-state index in [1.165, 1.54) is 23.3 Å². The quantitative estimate of drug-likeness (QED) is 0.373. The van der Waals surface area contributed by atoms with Gasteiger partial charge in [-0.25, -0.2) is 14.6 Å². The summed E-state index contributed by atoms with van der Waals surface area (Å²) in [6.45, 7) is 1.02. The normalized spacial score (nSPS) is 21.0. The standard InChI is InChI=1S/C30H33FN6O3/c31-26-23(5-4-14-32-26)17-21-8-10-22(11-9-21)28(38)35-15-12-30(40,13-16-35)19-36-20-33-27-25(29(36)39)18-34-37(27)24-6-2-1-3-7-24/h1-7,14,18,20-22,40H,8-13,15-17,19H2. The number of halogens is 1. The Morgan fingerprint density at radius 3 is 2.50 bits per heavy atom. The van der Waals surface area contributed by atoms with Gasteiger partial charge in [-0.3, -0.25) is 14.2 Å². The zero-order chi connectivity index (χ0) is 27.7. The molecule has 4 heterocycles. The monoisotopic (exact) mass is 544 g/mol. The van der Waals surface area contributed by atoms with Crippen LogP contribution in [0, 0.1) is 17.8 Å². The van der Waals surface area contributed by atoms with Gasteiger partial charge in [-0.05, 0) is 69.1 Å². The van der Waals surface area contributed by atoms with Gasteiger partial charge in [-0.15, -0.1) is 0 Å². The number of para-hydroxylation sites is 1. The van der Waals surface area contributed by atoms with E-state index in [1.54, 1.807) is 16.8 Å². The van der Waals surface area contributed by atoms with Crippen molar-refractivity contribution < 1.29 is 14.3 Å². The maximum absolute atomic E-state index is 13.9. The molecule has 0 unspecified atom stereocenters. The van der Waals surface area contributed by atoms with E-state index >= 15 is 0 Å². The minimum absolute atomic E-state index is 0.0310. The molecule has 2 aliphatic rings. The molecule has 1 saturated carbocycles. The number of nitrogens with zero attached hydrogens (tertiary/aromatic N) is 6. The molecule has 40 heavy (non-hydrogen) atoms. The summed E-state index contributed by atoms with van der Waals surface area (Å²) >= 11 is 0. The Balaban J connectivity index is 1.05. The van der Waals surface area contributed by atoms with Gasteiger partial charge < -0.3 is 10.0 Å². The molecular weight excluding hydrogens is 511 g/mol. The SMILES string of the molecule is O=C(C1CCC(Cc2cccnc2F)CC1)N1CCC(O)(Cn2cnc3c(cnn3-c3ccccc3)c2=O)CC1. The zero-order valence-corrected chi connectivity index (χ0v) is 22.3. The Bertz CT molecular complexity index is 1550. The first-order valence-corrected chi connectivity index (χ1v) is 14.0. The van der Waals surface area contributed by atoms with E-state index in [4.69, 9.17) is 0 Å². The van der Waals surface area contributed by atoms with Gasteiger partial charge in [-0.1, -0.05) is 24.3 Å². The fraction of sp³-hybridized carbons (Fsp3) is 0.433. The van der Waals surface area contributed by atoms with E-state index < -0.39 is 11.5 Å². The predicted molar refractivity (Wildman–Crippen MR) is 147 cm³/mol. The number of carbonyl (C=O) groups is 1. The number of amides is 1. The van der Waals surface area contributed by atoms with E-state index in [0.29, 0.717) is 54.9 Å². The van der Waals surface area contributed by atoms with Gasteiger partial charge in [-0.2, -0.15) is 9.49 Å². The van der Waals surface area contributed by atoms with Crippen molar-refractivity contribution in [3.8, 4) is 5.69 Å². The lowest BCUT2D eigenvalue weighted by Crippen LogP contribution is -2.51. The van der Waals surface area contributed by atoms with Crippen molar-refractivity contribution >= 4 is 16.9 Å². The second kappa shape index (κ2) is 10.9. The highest BCUT2D eigenvalue weighted by Crippen LogP contribution is 2.34. The number of rotatable bonds is 6. The molecular formula is C30H33FN6O3. The third-order valence-electron chi connectivity index (χ3n) is 8.57. The first-order chi connectivity index (χ1) is 19.4. The van der Waals surface area contributed by atoms with Gasteiger partial charge in [0.15, 0.2) is 5.65 Å². The number of pyridine rings is 1. The number of aromatic nitrogens is 5. The molecule has 208 valence electrons. The smallest absolute Gasteiger partial charge is 0.264 e. The number of hydrogen-bond donors (Lipinski definition) is 1. The fourth-order valence-electron chi connectivity index (χ4n) is 6.19. The van der Waals surface area contributed by atoms with Gasteiger partial charge in [0, 0.05) is 30.8 Å². The van der Waals surface area contributed by atoms with E-state index in [1.807, 2.05) is 35.2 Å². The molecule has 4 aromatic rings. The first-order valence-electron chi connectivity index (χ1n) is 14.0. The number of piperidine rings is 1. The Morgan fingerprint density at radius 1 is 1.02 bits per heavy atom. The van der Waals surface area contributed by atoms with Crippen LogP contribution >= 0.6 is 0 Å². The molecule has 1 aliphatic heterocycles. The van der Waals surface area contributed by atoms with Crippen LogP contribution < -0.4 is 5.56 Å². The number of benzene rings is 1. The van der Waals surface area contributed by atoms with Crippen molar-refractivity contribution in [1.82, 2.24) is 29.2 Å². The predicted octanol–water partition coefficient (Wildman–Crippen LogP) is 3.52. The van der Waals surface area contributed by atoms with Gasteiger partial charge >= 0.3 is 0 Å². The van der Waals surface area contributed by atoms with Gasteiger partial charge in [0.2, 0.25) is 11.9 Å². The Hall–Kier alpha value is -3.92. The first kappa shape index (κ1) is 26.3. The van der Waals surface area contributed by atoms with Crippen LogP contribution in [0.5, 0.6) is 0 Å². The number of likely N-dealkylation sites (tertiary alicyclic amines) is 1. The number of aliphatic hydroxyl groups is 1. The summed E-state index contributed by atoms with van der Waals surface area (Å²) in [5.41, 5.74) is 0.582. The van der Waals surface area contributed by atoms with Crippen LogP contribution in [0.3, 0.4) is 0 Å². The summed E-state index contributed by atoms with van der Waals surface area (Å²) < 4.78 is 17.0. The van der Waals surface area contributed by atoms with E-state index in [-0.39, 0.29) is 23.9 Å². The molecule has 2 fully saturated rings. The van der Waals surface area contributed by atoms with E-state index in [0.717, 1.165) is 31.4 Å². The summed E-state index contributed by atoms with van der Waals surface area (Å²) in [5.74, 6) is 0.0678. The van der Waals surface area contributed by atoms with E-state index in [9.17, 15) is 19.1 Å². The number of hydrogen-bond acceptors (Lipinski definition) is 6. The Kier molecular flexibility index (Phi) is 7.18. The lowest BCUT2D eigenvalue weighted by Gasteiger charge is -2.40. The molecule has 3 aromatic heterocycles. The summed E-state index contributed by atoms with van der Waals surface area (Å²) in [5, 5.41) is 16.1. The highest BCUT2D eigenvalue weighted by Gasteiger charge is 2.37. The van der Waals surface area contributed by atoms with Crippen LogP contribution in [-0.4, -0.2) is 58.9 Å². The minimum Gasteiger partial charge on any atom is -0.388 e. The average Bonchev–Trinajstić information content (AvgIpc) is 3.42. The lowest BCUT2D eigenvalue weighted by atomic mass is 9.78. The maximum atomic E-state index is 13.9. The molecule has 1 aliphatic carbocycles. The van der Waals surface area contributed by atoms with E-state index in [2.05, 4.69) is 15.1 Å². The minimum atomic E-state index is -1.10. The van der Waals surface area contributed by atoms with Crippen molar-refractivity contribution in [1.29, 1.82) is 0 Å². The van der Waals surface area contributed by atoms with Crippen molar-refractivity contribution in [2.24, 2.45) is 11.8 Å². The van der Waals surface area contributed by atoms with Crippen LogP contribution in [0.25, 0.3) is 16.7 Å². The second-order valence-electron chi connectivity index (χ2n) is 11.2. The molecule has 0 bridgehead atoms. The summed E-state index contributed by atoms with van der Waals surface area (Å²) in [6.07, 6.45) is 9.26. The fourth-order valence-corrected chi connectivity index (χ4v) is 6.19. The molecule has 1 aromatic carbocycles. The van der Waals surface area contributed by atoms with Crippen LogP contribution in [0.15, 0.2) is 66.0 Å². The maximum Gasteiger partial charge on any atom is 0.264 e. The Labute approximate surface area is 231 Å². The van der Waals surface area contributed by atoms with Gasteiger partial charge in [0.25, 0.3) is 5.56 Å². The molecule has 6 rings (SSSR count). The van der Waals surface area contributed by atoms with Crippen LogP contribution in [0.4, 0.5) is 4.39 Å². The molecule has 9 nitrogen and oxygen atoms in total. The third-order valence-corrected chi connectivity index (χ3v) is 8.57. The van der Waals surface area contributed by atoms with Crippen molar-refractivity contribution in [3.63, 3.8) is 0 Å². The van der Waals surface area contributed by atoms with Crippen molar-refractivity contribution in [2.75, 3.05) is 13.1 Å². The van der Waals surface area contributed by atoms with Crippen LogP contribution in [0.1, 0.15) is 44.1 Å². The van der Waals surface area contributed by atoms with Gasteiger partial charge in [0.1, 0.15) is 11.7 Å². The average molecular weight is 545 g/mol. The molecule has 1 N–H and O–H groups in total. The molecule has 1 amide bonds. The zero-order valence-electron chi connectivity index (χ0n) is 22.3. The topological polar surface area (TPSA) is 106 Å². The van der Waals surface area contributed by atoms with Crippen LogP contribution in [0.2, 0.25) is 0 Å². The lowest BCUT2D eigenvalue weighted by molar-refractivity contribution is -0.141. The third kappa shape index (κ3) is 5.28. The van der Waals surface area contributed by atoms with Crippen molar-refractivity contribution in [3.05, 3.63) is 83.1 Å². The summed E-state index contributed by atoms with van der Waals surface area (Å²) in [7, 11) is 0. The molecule has 0 spiro atoms. The summed E-state index contributed by atoms with van der Waals surface area (Å²) in [6, 6.07) is 13.0. The summed E-state index contributed by atoms with van der Waals surface area (Å²) in [4.78, 5) is 36.5. The van der Waals surface area contributed by atoms with Crippen molar-refractivity contribution in [2.45, 2.75) is 57.1 Å². The second-order valence-corrected chi connectivity index (χ2v) is 11.2. The molecule has 1 saturated heterocycles. The number of fused-ring (bicyclic) bond motifs is 1. The molecule has 10 heteroatoms. The highest BCUT2D eigenvalue weighted by molar-refractivity contribution is 5.79. The highest BCUT2D eigenvalue weighted by atomic mass is 19.1. The van der Waals surface area contributed by atoms with Crippen LogP contribution in [-0.2, 0) is 17.8 Å².